The third-order valence-corrected chi connectivity index (χ3v) is 3.31. The van der Waals surface area contributed by atoms with Crippen molar-refractivity contribution in [2.75, 3.05) is 0 Å². The Morgan fingerprint density at radius 1 is 1.53 bits per heavy atom. The second-order valence-corrected chi connectivity index (χ2v) is 5.04. The van der Waals surface area contributed by atoms with Crippen LogP contribution in [0.2, 0.25) is 0 Å². The fourth-order valence-electron chi connectivity index (χ4n) is 1.87. The zero-order valence-electron chi connectivity index (χ0n) is 10.1. The van der Waals surface area contributed by atoms with Crippen LogP contribution in [0.5, 0.6) is 0 Å². The van der Waals surface area contributed by atoms with Crippen LogP contribution in [0.4, 0.5) is 0 Å². The van der Waals surface area contributed by atoms with Crippen LogP contribution in [-0.2, 0) is 9.59 Å². The quantitative estimate of drug-likeness (QED) is 0.518. The fraction of sp³-hybridized carbons (Fsp3) is 0.818. The van der Waals surface area contributed by atoms with E-state index in [2.05, 4.69) is 5.32 Å². The standard InChI is InChI=1S/C11H20N2O4/c1-6(2)9(12)10(16)13-7-3-4-11(7,17)5-8(14)15/h6-7,9,17H,3-5,12H2,1-2H3,(H,13,16)(H,14,15)/t7-,9-,11+/m0/s1. The smallest absolute Gasteiger partial charge is 0.306 e. The van der Waals surface area contributed by atoms with E-state index in [1.807, 2.05) is 13.8 Å². The summed E-state index contributed by atoms with van der Waals surface area (Å²) in [5.74, 6) is -1.41. The van der Waals surface area contributed by atoms with E-state index >= 15 is 0 Å². The summed E-state index contributed by atoms with van der Waals surface area (Å²) in [4.78, 5) is 22.3. The number of rotatable bonds is 5. The molecular weight excluding hydrogens is 224 g/mol. The number of hydrogen-bond donors (Lipinski definition) is 4. The third kappa shape index (κ3) is 3.17. The van der Waals surface area contributed by atoms with Gasteiger partial charge >= 0.3 is 5.97 Å². The van der Waals surface area contributed by atoms with Gasteiger partial charge < -0.3 is 21.3 Å². The molecule has 0 spiro atoms. The van der Waals surface area contributed by atoms with Crippen molar-refractivity contribution in [1.29, 1.82) is 0 Å². The van der Waals surface area contributed by atoms with Gasteiger partial charge in [0.05, 0.1) is 24.1 Å². The number of carbonyl (C=O) groups excluding carboxylic acids is 1. The van der Waals surface area contributed by atoms with Crippen molar-refractivity contribution in [1.82, 2.24) is 5.32 Å². The lowest BCUT2D eigenvalue weighted by molar-refractivity contribution is -0.152. The maximum atomic E-state index is 11.7. The van der Waals surface area contributed by atoms with E-state index in [-0.39, 0.29) is 18.2 Å². The lowest BCUT2D eigenvalue weighted by Gasteiger charge is -2.45. The molecule has 6 heteroatoms. The molecule has 0 aliphatic heterocycles. The van der Waals surface area contributed by atoms with Gasteiger partial charge in [-0.05, 0) is 18.8 Å². The highest BCUT2D eigenvalue weighted by Crippen LogP contribution is 2.35. The minimum absolute atomic E-state index is 0.00245. The van der Waals surface area contributed by atoms with Crippen molar-refractivity contribution in [3.8, 4) is 0 Å². The van der Waals surface area contributed by atoms with Crippen LogP contribution >= 0.6 is 0 Å². The number of nitrogens with two attached hydrogens (primary N) is 1. The van der Waals surface area contributed by atoms with Crippen LogP contribution in [0.1, 0.15) is 33.1 Å². The predicted molar refractivity (Wildman–Crippen MR) is 61.2 cm³/mol. The average molecular weight is 244 g/mol. The number of carboxylic acids is 1. The van der Waals surface area contributed by atoms with Gasteiger partial charge in [-0.3, -0.25) is 9.59 Å². The van der Waals surface area contributed by atoms with E-state index in [1.54, 1.807) is 0 Å². The monoisotopic (exact) mass is 244 g/mol. The molecule has 0 radical (unpaired) electrons. The zero-order chi connectivity index (χ0) is 13.2. The van der Waals surface area contributed by atoms with Gasteiger partial charge in [0.15, 0.2) is 0 Å². The number of nitrogens with one attached hydrogen (secondary N) is 1. The summed E-state index contributed by atoms with van der Waals surface area (Å²) >= 11 is 0. The van der Waals surface area contributed by atoms with Crippen molar-refractivity contribution in [2.24, 2.45) is 11.7 Å². The molecule has 5 N–H and O–H groups in total. The van der Waals surface area contributed by atoms with Gasteiger partial charge in [0.2, 0.25) is 5.91 Å². The Morgan fingerprint density at radius 3 is 2.47 bits per heavy atom. The third-order valence-electron chi connectivity index (χ3n) is 3.31. The molecule has 1 amide bonds. The minimum Gasteiger partial charge on any atom is -0.481 e. The van der Waals surface area contributed by atoms with E-state index in [1.165, 1.54) is 0 Å². The molecule has 1 rings (SSSR count). The molecule has 1 saturated carbocycles. The lowest BCUT2D eigenvalue weighted by Crippen LogP contribution is -2.63. The molecule has 0 bridgehead atoms. The maximum absolute atomic E-state index is 11.7. The number of carboxylic acid groups (broad SMARTS) is 1. The Bertz CT molecular complexity index is 319. The summed E-state index contributed by atoms with van der Waals surface area (Å²) in [5.41, 5.74) is 4.35. The van der Waals surface area contributed by atoms with Gasteiger partial charge in [-0.2, -0.15) is 0 Å². The summed E-state index contributed by atoms with van der Waals surface area (Å²) in [6, 6.07) is -1.14. The Hall–Kier alpha value is -1.14. The summed E-state index contributed by atoms with van der Waals surface area (Å²) in [6.07, 6.45) is 0.621. The molecule has 1 fully saturated rings. The second kappa shape index (κ2) is 5.01. The molecule has 3 atom stereocenters. The van der Waals surface area contributed by atoms with E-state index in [0.29, 0.717) is 12.8 Å². The molecule has 17 heavy (non-hydrogen) atoms. The SMILES string of the molecule is CC(C)[C@H](N)C(=O)N[C@H]1CC[C@@]1(O)CC(=O)O. The molecule has 0 aromatic carbocycles. The topological polar surface area (TPSA) is 113 Å². The van der Waals surface area contributed by atoms with Crippen molar-refractivity contribution >= 4 is 11.9 Å². The van der Waals surface area contributed by atoms with Gasteiger partial charge in [-0.25, -0.2) is 0 Å². The first-order valence-electron chi connectivity index (χ1n) is 5.76. The molecule has 1 aliphatic carbocycles. The van der Waals surface area contributed by atoms with Crippen LogP contribution in [0.3, 0.4) is 0 Å². The molecular formula is C11H20N2O4. The molecule has 0 heterocycles. The fourth-order valence-corrected chi connectivity index (χ4v) is 1.87. The van der Waals surface area contributed by atoms with E-state index in [4.69, 9.17) is 10.8 Å². The Balaban J connectivity index is 2.53. The molecule has 0 unspecified atom stereocenters. The molecule has 0 aromatic heterocycles. The average Bonchev–Trinajstić information content (AvgIpc) is 2.21. The van der Waals surface area contributed by atoms with Crippen molar-refractivity contribution in [2.45, 2.75) is 50.8 Å². The lowest BCUT2D eigenvalue weighted by atomic mass is 9.72. The molecule has 0 saturated heterocycles. The predicted octanol–water partition coefficient (Wildman–Crippen LogP) is -0.546. The highest BCUT2D eigenvalue weighted by atomic mass is 16.4. The maximum Gasteiger partial charge on any atom is 0.306 e. The Kier molecular flexibility index (Phi) is 4.11. The number of hydrogen-bond acceptors (Lipinski definition) is 4. The Labute approximate surface area is 100 Å². The number of amides is 1. The summed E-state index contributed by atoms with van der Waals surface area (Å²) in [7, 11) is 0. The van der Waals surface area contributed by atoms with E-state index in [0.717, 1.165) is 0 Å². The number of aliphatic hydroxyl groups is 1. The van der Waals surface area contributed by atoms with Gasteiger partial charge in [0, 0.05) is 0 Å². The summed E-state index contributed by atoms with van der Waals surface area (Å²) < 4.78 is 0. The van der Waals surface area contributed by atoms with Crippen LogP contribution in [0.15, 0.2) is 0 Å². The second-order valence-electron chi connectivity index (χ2n) is 5.04. The first kappa shape index (κ1) is 13.9. The van der Waals surface area contributed by atoms with Gasteiger partial charge in [-0.1, -0.05) is 13.8 Å². The molecule has 1 aliphatic rings. The van der Waals surface area contributed by atoms with Crippen LogP contribution in [0, 0.1) is 5.92 Å². The van der Waals surface area contributed by atoms with Crippen molar-refractivity contribution in [3.63, 3.8) is 0 Å². The van der Waals surface area contributed by atoms with Crippen LogP contribution in [0.25, 0.3) is 0 Å². The van der Waals surface area contributed by atoms with E-state index in [9.17, 15) is 14.7 Å². The van der Waals surface area contributed by atoms with Crippen molar-refractivity contribution in [3.05, 3.63) is 0 Å². The molecule has 0 aromatic rings. The summed E-state index contributed by atoms with van der Waals surface area (Å²) in [6.45, 7) is 3.66. The highest BCUT2D eigenvalue weighted by molar-refractivity contribution is 5.82. The van der Waals surface area contributed by atoms with Gasteiger partial charge in [0.25, 0.3) is 0 Å². The number of aliphatic carboxylic acids is 1. The molecule has 98 valence electrons. The van der Waals surface area contributed by atoms with Crippen molar-refractivity contribution < 1.29 is 19.8 Å². The minimum atomic E-state index is -1.32. The number of carbonyl (C=O) groups is 2. The van der Waals surface area contributed by atoms with Crippen LogP contribution in [-0.4, -0.2) is 39.8 Å². The largest absolute Gasteiger partial charge is 0.481 e. The van der Waals surface area contributed by atoms with Crippen LogP contribution < -0.4 is 11.1 Å². The van der Waals surface area contributed by atoms with E-state index < -0.39 is 23.7 Å². The first-order valence-corrected chi connectivity index (χ1v) is 5.76. The first-order chi connectivity index (χ1) is 7.76. The van der Waals surface area contributed by atoms with Gasteiger partial charge in [0.1, 0.15) is 0 Å². The molecule has 6 nitrogen and oxygen atoms in total. The van der Waals surface area contributed by atoms with Gasteiger partial charge in [-0.15, -0.1) is 0 Å². The normalized spacial score (nSPS) is 29.6. The summed E-state index contributed by atoms with van der Waals surface area (Å²) in [5, 5.41) is 21.3. The highest BCUT2D eigenvalue weighted by Gasteiger charge is 2.47. The zero-order valence-corrected chi connectivity index (χ0v) is 10.1. The Morgan fingerprint density at radius 2 is 2.12 bits per heavy atom.